The zero-order valence-electron chi connectivity index (χ0n) is 12.4. The monoisotopic (exact) mass is 260 g/mol. The molecule has 19 heavy (non-hydrogen) atoms. The molecule has 4 atom stereocenters. The molecule has 2 aliphatic rings. The summed E-state index contributed by atoms with van der Waals surface area (Å²) in [6.07, 6.45) is 9.50. The van der Waals surface area contributed by atoms with Crippen LogP contribution in [0.2, 0.25) is 0 Å². The van der Waals surface area contributed by atoms with Gasteiger partial charge in [0.1, 0.15) is 0 Å². The van der Waals surface area contributed by atoms with E-state index in [-0.39, 0.29) is 0 Å². The Kier molecular flexibility index (Phi) is 3.97. The van der Waals surface area contributed by atoms with E-state index in [1.165, 1.54) is 44.3 Å². The van der Waals surface area contributed by atoms with Crippen LogP contribution in [0.25, 0.3) is 0 Å². The van der Waals surface area contributed by atoms with Gasteiger partial charge in [0.25, 0.3) is 0 Å². The fourth-order valence-corrected chi connectivity index (χ4v) is 4.30. The Bertz CT molecular complexity index is 409. The maximum atomic E-state index is 3.61. The number of hydrogen-bond acceptors (Lipinski definition) is 1. The predicted molar refractivity (Wildman–Crippen MR) is 80.1 cm³/mol. The molecule has 2 aliphatic carbocycles. The molecule has 0 radical (unpaired) electrons. The first kappa shape index (κ1) is 13.2. The molecule has 0 amide bonds. The van der Waals surface area contributed by atoms with E-state index in [1.807, 2.05) is 0 Å². The summed E-state index contributed by atoms with van der Waals surface area (Å²) in [6, 6.07) is 4.99. The third-order valence-electron chi connectivity index (χ3n) is 5.32. The van der Waals surface area contributed by atoms with Crippen molar-refractivity contribution in [2.45, 2.75) is 58.5 Å². The van der Waals surface area contributed by atoms with Gasteiger partial charge in [0.05, 0.1) is 0 Å². The predicted octanol–water partition coefficient (Wildman–Crippen LogP) is 3.98. The molecule has 2 fully saturated rings. The average Bonchev–Trinajstić information content (AvgIpc) is 3.11. The Hall–Kier alpha value is -0.760. The molecule has 0 saturated heterocycles. The number of nitrogens with one attached hydrogen (secondary N) is 1. The lowest BCUT2D eigenvalue weighted by molar-refractivity contribution is 0.291. The van der Waals surface area contributed by atoms with E-state index in [1.54, 1.807) is 0 Å². The Balaban J connectivity index is 1.63. The minimum Gasteiger partial charge on any atom is -0.350 e. The second-order valence-electron chi connectivity index (χ2n) is 6.70. The second kappa shape index (κ2) is 5.70. The van der Waals surface area contributed by atoms with Crippen LogP contribution in [0.3, 0.4) is 0 Å². The van der Waals surface area contributed by atoms with Gasteiger partial charge in [-0.2, -0.15) is 0 Å². The van der Waals surface area contributed by atoms with Crippen LogP contribution in [0.1, 0.15) is 57.7 Å². The summed E-state index contributed by atoms with van der Waals surface area (Å²) in [4.78, 5) is 0. The summed E-state index contributed by atoms with van der Waals surface area (Å²) in [7, 11) is 0. The van der Waals surface area contributed by atoms with Crippen LogP contribution >= 0.6 is 0 Å². The third kappa shape index (κ3) is 2.74. The fourth-order valence-electron chi connectivity index (χ4n) is 4.30. The Morgan fingerprint density at radius 2 is 2.26 bits per heavy atom. The van der Waals surface area contributed by atoms with Crippen molar-refractivity contribution in [2.75, 3.05) is 6.54 Å². The summed E-state index contributed by atoms with van der Waals surface area (Å²) < 4.78 is 2.51. The molecule has 2 nitrogen and oxygen atoms in total. The van der Waals surface area contributed by atoms with Crippen LogP contribution in [0, 0.1) is 17.8 Å². The summed E-state index contributed by atoms with van der Waals surface area (Å²) in [6.45, 7) is 6.89. The first-order valence-electron chi connectivity index (χ1n) is 8.16. The fraction of sp³-hybridized carbons (Fsp3) is 0.765. The van der Waals surface area contributed by atoms with Crippen molar-refractivity contribution in [3.05, 3.63) is 24.0 Å². The van der Waals surface area contributed by atoms with E-state index < -0.39 is 0 Å². The van der Waals surface area contributed by atoms with Gasteiger partial charge in [-0.25, -0.2) is 0 Å². The maximum absolute atomic E-state index is 3.61. The van der Waals surface area contributed by atoms with Gasteiger partial charge in [-0.1, -0.05) is 13.3 Å². The molecule has 0 spiro atoms. The SMILES string of the molecule is CCCNC(C)c1cccn1CC1CC2CCC1C2. The molecule has 2 heteroatoms. The molecule has 2 bridgehead atoms. The lowest BCUT2D eigenvalue weighted by Crippen LogP contribution is -2.24. The molecule has 0 aliphatic heterocycles. The van der Waals surface area contributed by atoms with Crippen LogP contribution < -0.4 is 5.32 Å². The minimum atomic E-state index is 0.480. The van der Waals surface area contributed by atoms with Crippen molar-refractivity contribution in [1.29, 1.82) is 0 Å². The number of aromatic nitrogens is 1. The molecule has 0 aromatic carbocycles. The van der Waals surface area contributed by atoms with Crippen LogP contribution in [-0.2, 0) is 6.54 Å². The van der Waals surface area contributed by atoms with Crippen molar-refractivity contribution >= 4 is 0 Å². The average molecular weight is 260 g/mol. The number of rotatable bonds is 6. The van der Waals surface area contributed by atoms with Gasteiger partial charge in [0.2, 0.25) is 0 Å². The molecule has 4 unspecified atom stereocenters. The summed E-state index contributed by atoms with van der Waals surface area (Å²) in [5, 5.41) is 3.61. The first-order valence-corrected chi connectivity index (χ1v) is 8.16. The molecular formula is C17H28N2. The standard InChI is InChI=1S/C17H28N2/c1-3-8-18-13(2)17-5-4-9-19(17)12-16-11-14-6-7-15(16)10-14/h4-5,9,13-16,18H,3,6-8,10-12H2,1-2H3. The molecule has 1 aromatic rings. The van der Waals surface area contributed by atoms with E-state index in [2.05, 4.69) is 42.1 Å². The summed E-state index contributed by atoms with van der Waals surface area (Å²) in [5.41, 5.74) is 1.47. The summed E-state index contributed by atoms with van der Waals surface area (Å²) in [5.74, 6) is 3.03. The van der Waals surface area contributed by atoms with Gasteiger partial charge in [-0.15, -0.1) is 0 Å². The highest BCUT2D eigenvalue weighted by Gasteiger charge is 2.39. The largest absolute Gasteiger partial charge is 0.350 e. The van der Waals surface area contributed by atoms with Crippen molar-refractivity contribution in [3.8, 4) is 0 Å². The quantitative estimate of drug-likeness (QED) is 0.818. The van der Waals surface area contributed by atoms with Gasteiger partial charge >= 0.3 is 0 Å². The van der Waals surface area contributed by atoms with Crippen LogP contribution in [0.5, 0.6) is 0 Å². The van der Waals surface area contributed by atoms with E-state index >= 15 is 0 Å². The number of fused-ring (bicyclic) bond motifs is 2. The minimum absolute atomic E-state index is 0.480. The van der Waals surface area contributed by atoms with Crippen molar-refractivity contribution in [2.24, 2.45) is 17.8 Å². The lowest BCUT2D eigenvalue weighted by Gasteiger charge is -2.25. The highest BCUT2D eigenvalue weighted by atomic mass is 15.0. The Labute approximate surface area is 117 Å². The molecule has 1 N–H and O–H groups in total. The van der Waals surface area contributed by atoms with Crippen LogP contribution in [0.15, 0.2) is 18.3 Å². The number of nitrogens with zero attached hydrogens (tertiary/aromatic N) is 1. The third-order valence-corrected chi connectivity index (χ3v) is 5.32. The highest BCUT2D eigenvalue weighted by molar-refractivity contribution is 5.12. The second-order valence-corrected chi connectivity index (χ2v) is 6.70. The number of hydrogen-bond donors (Lipinski definition) is 1. The van der Waals surface area contributed by atoms with Gasteiger partial charge in [-0.05, 0) is 69.0 Å². The smallest absolute Gasteiger partial charge is 0.0446 e. The zero-order valence-corrected chi connectivity index (χ0v) is 12.4. The van der Waals surface area contributed by atoms with Crippen LogP contribution in [-0.4, -0.2) is 11.1 Å². The van der Waals surface area contributed by atoms with Gasteiger partial charge in [-0.3, -0.25) is 0 Å². The van der Waals surface area contributed by atoms with E-state index in [0.717, 1.165) is 24.3 Å². The molecule has 3 rings (SSSR count). The highest BCUT2D eigenvalue weighted by Crippen LogP contribution is 2.48. The zero-order chi connectivity index (χ0) is 13.2. The Morgan fingerprint density at radius 1 is 1.37 bits per heavy atom. The molecule has 1 aromatic heterocycles. The Morgan fingerprint density at radius 3 is 2.95 bits per heavy atom. The van der Waals surface area contributed by atoms with Gasteiger partial charge < -0.3 is 9.88 Å². The topological polar surface area (TPSA) is 17.0 Å². The van der Waals surface area contributed by atoms with E-state index in [4.69, 9.17) is 0 Å². The lowest BCUT2D eigenvalue weighted by atomic mass is 9.89. The van der Waals surface area contributed by atoms with Crippen molar-refractivity contribution < 1.29 is 0 Å². The van der Waals surface area contributed by atoms with E-state index in [0.29, 0.717) is 6.04 Å². The maximum Gasteiger partial charge on any atom is 0.0446 e. The van der Waals surface area contributed by atoms with Gasteiger partial charge in [0.15, 0.2) is 0 Å². The van der Waals surface area contributed by atoms with E-state index in [9.17, 15) is 0 Å². The normalized spacial score (nSPS) is 30.9. The molecule has 1 heterocycles. The molecule has 2 saturated carbocycles. The van der Waals surface area contributed by atoms with Crippen LogP contribution in [0.4, 0.5) is 0 Å². The first-order chi connectivity index (χ1) is 9.28. The molecular weight excluding hydrogens is 232 g/mol. The summed E-state index contributed by atoms with van der Waals surface area (Å²) >= 11 is 0. The molecule has 106 valence electrons. The van der Waals surface area contributed by atoms with Crippen molar-refractivity contribution in [3.63, 3.8) is 0 Å². The van der Waals surface area contributed by atoms with Crippen molar-refractivity contribution in [1.82, 2.24) is 9.88 Å². The van der Waals surface area contributed by atoms with Gasteiger partial charge in [0, 0.05) is 24.5 Å².